The standard InChI is InChI=1S/C18H28N8/c1-11-17(21-13(3)25-23-11)19-9-15-5-7-16(8-6-15)10-20-18-12(2)24-26-14(4)22-18/h15-16H,5-10H2,1-4H3,(H,19,21,25)(H,20,22,26). The Morgan fingerprint density at radius 1 is 0.654 bits per heavy atom. The molecule has 0 spiro atoms. The van der Waals surface area contributed by atoms with Gasteiger partial charge in [0.15, 0.2) is 11.6 Å². The van der Waals surface area contributed by atoms with Crippen molar-refractivity contribution in [2.24, 2.45) is 11.8 Å². The SMILES string of the molecule is Cc1nnc(C)c(NCC2CCC(CNc3nc(C)nnc3C)CC2)n1. The van der Waals surface area contributed by atoms with Crippen LogP contribution in [0.15, 0.2) is 0 Å². The maximum Gasteiger partial charge on any atom is 0.151 e. The summed E-state index contributed by atoms with van der Waals surface area (Å²) in [5, 5.41) is 23.1. The average molecular weight is 356 g/mol. The molecule has 1 aliphatic rings. The minimum absolute atomic E-state index is 0.686. The third-order valence-corrected chi connectivity index (χ3v) is 5.00. The fourth-order valence-electron chi connectivity index (χ4n) is 3.38. The molecule has 8 heteroatoms. The van der Waals surface area contributed by atoms with Gasteiger partial charge in [0.2, 0.25) is 0 Å². The van der Waals surface area contributed by atoms with Crippen LogP contribution in [0, 0.1) is 39.5 Å². The molecule has 1 fully saturated rings. The van der Waals surface area contributed by atoms with Gasteiger partial charge in [-0.1, -0.05) is 0 Å². The molecule has 0 aliphatic heterocycles. The number of nitrogens with one attached hydrogen (secondary N) is 2. The maximum absolute atomic E-state index is 4.44. The van der Waals surface area contributed by atoms with Crippen molar-refractivity contribution in [1.29, 1.82) is 0 Å². The fourth-order valence-corrected chi connectivity index (χ4v) is 3.38. The lowest BCUT2D eigenvalue weighted by Crippen LogP contribution is -2.26. The zero-order valence-corrected chi connectivity index (χ0v) is 16.1. The Kier molecular flexibility index (Phi) is 5.90. The summed E-state index contributed by atoms with van der Waals surface area (Å²) in [4.78, 5) is 8.88. The van der Waals surface area contributed by atoms with Crippen LogP contribution >= 0.6 is 0 Å². The van der Waals surface area contributed by atoms with E-state index < -0.39 is 0 Å². The van der Waals surface area contributed by atoms with Crippen LogP contribution in [0.3, 0.4) is 0 Å². The van der Waals surface area contributed by atoms with E-state index >= 15 is 0 Å². The first-order valence-corrected chi connectivity index (χ1v) is 9.35. The fraction of sp³-hybridized carbons (Fsp3) is 0.667. The minimum atomic E-state index is 0.686. The summed E-state index contributed by atoms with van der Waals surface area (Å²) in [5.74, 6) is 4.51. The van der Waals surface area contributed by atoms with E-state index in [9.17, 15) is 0 Å². The predicted octanol–water partition coefficient (Wildman–Crippen LogP) is 2.62. The lowest BCUT2D eigenvalue weighted by molar-refractivity contribution is 0.293. The van der Waals surface area contributed by atoms with Crippen LogP contribution in [0.1, 0.15) is 48.7 Å². The highest BCUT2D eigenvalue weighted by atomic mass is 15.2. The molecule has 1 saturated carbocycles. The molecular formula is C18H28N8. The largest absolute Gasteiger partial charge is 0.368 e. The Morgan fingerprint density at radius 3 is 1.42 bits per heavy atom. The topological polar surface area (TPSA) is 101 Å². The van der Waals surface area contributed by atoms with E-state index in [1.807, 2.05) is 27.7 Å². The van der Waals surface area contributed by atoms with Crippen molar-refractivity contribution in [3.63, 3.8) is 0 Å². The number of anilines is 2. The van der Waals surface area contributed by atoms with Crippen LogP contribution in [0.2, 0.25) is 0 Å². The van der Waals surface area contributed by atoms with Crippen molar-refractivity contribution < 1.29 is 0 Å². The minimum Gasteiger partial charge on any atom is -0.368 e. The molecule has 140 valence electrons. The Hall–Kier alpha value is -2.38. The van der Waals surface area contributed by atoms with E-state index in [1.165, 1.54) is 25.7 Å². The molecule has 0 unspecified atom stereocenters. The Balaban J connectivity index is 1.43. The van der Waals surface area contributed by atoms with Crippen molar-refractivity contribution in [3.05, 3.63) is 23.0 Å². The summed E-state index contributed by atoms with van der Waals surface area (Å²) < 4.78 is 0. The molecule has 0 bridgehead atoms. The summed E-state index contributed by atoms with van der Waals surface area (Å²) in [5.41, 5.74) is 1.72. The number of hydrogen-bond acceptors (Lipinski definition) is 8. The molecule has 0 atom stereocenters. The van der Waals surface area contributed by atoms with Gasteiger partial charge >= 0.3 is 0 Å². The van der Waals surface area contributed by atoms with E-state index in [0.29, 0.717) is 23.5 Å². The molecule has 3 rings (SSSR count). The molecular weight excluding hydrogens is 328 g/mol. The second-order valence-electron chi connectivity index (χ2n) is 7.23. The monoisotopic (exact) mass is 356 g/mol. The normalized spacial score (nSPS) is 20.0. The van der Waals surface area contributed by atoms with Gasteiger partial charge in [0.25, 0.3) is 0 Å². The first kappa shape index (κ1) is 18.4. The first-order valence-electron chi connectivity index (χ1n) is 9.35. The number of nitrogens with zero attached hydrogens (tertiary/aromatic N) is 6. The van der Waals surface area contributed by atoms with E-state index in [1.54, 1.807) is 0 Å². The zero-order valence-electron chi connectivity index (χ0n) is 16.1. The van der Waals surface area contributed by atoms with Crippen molar-refractivity contribution in [1.82, 2.24) is 30.4 Å². The zero-order chi connectivity index (χ0) is 18.5. The van der Waals surface area contributed by atoms with Crippen LogP contribution in [-0.2, 0) is 0 Å². The quantitative estimate of drug-likeness (QED) is 0.814. The number of hydrogen-bond donors (Lipinski definition) is 2. The van der Waals surface area contributed by atoms with Crippen LogP contribution in [-0.4, -0.2) is 43.5 Å². The Bertz CT molecular complexity index is 676. The number of rotatable bonds is 6. The summed E-state index contributed by atoms with van der Waals surface area (Å²) in [6.07, 6.45) is 4.93. The van der Waals surface area contributed by atoms with Crippen LogP contribution in [0.4, 0.5) is 11.6 Å². The molecule has 26 heavy (non-hydrogen) atoms. The molecule has 0 saturated heterocycles. The molecule has 2 aromatic rings. The molecule has 1 aliphatic carbocycles. The molecule has 2 N–H and O–H groups in total. The van der Waals surface area contributed by atoms with Crippen molar-refractivity contribution in [2.75, 3.05) is 23.7 Å². The van der Waals surface area contributed by atoms with E-state index in [-0.39, 0.29) is 0 Å². The molecule has 0 aromatic carbocycles. The summed E-state index contributed by atoms with van der Waals surface area (Å²) in [6, 6.07) is 0. The lowest BCUT2D eigenvalue weighted by Gasteiger charge is -2.29. The van der Waals surface area contributed by atoms with Gasteiger partial charge in [-0.2, -0.15) is 10.2 Å². The second kappa shape index (κ2) is 8.33. The molecule has 2 heterocycles. The molecule has 8 nitrogen and oxygen atoms in total. The van der Waals surface area contributed by atoms with Gasteiger partial charge in [0, 0.05) is 13.1 Å². The molecule has 0 amide bonds. The van der Waals surface area contributed by atoms with Gasteiger partial charge in [-0.15, -0.1) is 10.2 Å². The van der Waals surface area contributed by atoms with Gasteiger partial charge in [-0.3, -0.25) is 0 Å². The van der Waals surface area contributed by atoms with Crippen LogP contribution in [0.25, 0.3) is 0 Å². The average Bonchev–Trinajstić information content (AvgIpc) is 2.64. The van der Waals surface area contributed by atoms with Crippen molar-refractivity contribution in [2.45, 2.75) is 53.4 Å². The molecule has 0 radical (unpaired) electrons. The number of aryl methyl sites for hydroxylation is 4. The Labute approximate surface area is 154 Å². The van der Waals surface area contributed by atoms with Gasteiger partial charge in [-0.25, -0.2) is 9.97 Å². The second-order valence-corrected chi connectivity index (χ2v) is 7.23. The van der Waals surface area contributed by atoms with E-state index in [2.05, 4.69) is 41.0 Å². The third-order valence-electron chi connectivity index (χ3n) is 5.00. The summed E-state index contributed by atoms with van der Waals surface area (Å²) in [6.45, 7) is 9.52. The highest BCUT2D eigenvalue weighted by molar-refractivity contribution is 5.39. The van der Waals surface area contributed by atoms with Crippen LogP contribution < -0.4 is 10.6 Å². The first-order chi connectivity index (χ1) is 12.5. The van der Waals surface area contributed by atoms with Crippen molar-refractivity contribution in [3.8, 4) is 0 Å². The third kappa shape index (κ3) is 4.83. The highest BCUT2D eigenvalue weighted by Gasteiger charge is 2.21. The predicted molar refractivity (Wildman–Crippen MR) is 101 cm³/mol. The van der Waals surface area contributed by atoms with Gasteiger partial charge < -0.3 is 10.6 Å². The van der Waals surface area contributed by atoms with E-state index in [0.717, 1.165) is 36.1 Å². The lowest BCUT2D eigenvalue weighted by atomic mass is 9.82. The molecule has 2 aromatic heterocycles. The summed E-state index contributed by atoms with van der Waals surface area (Å²) >= 11 is 0. The van der Waals surface area contributed by atoms with E-state index in [4.69, 9.17) is 0 Å². The smallest absolute Gasteiger partial charge is 0.151 e. The highest BCUT2D eigenvalue weighted by Crippen LogP contribution is 2.29. The summed E-state index contributed by atoms with van der Waals surface area (Å²) in [7, 11) is 0. The number of aromatic nitrogens is 6. The van der Waals surface area contributed by atoms with Gasteiger partial charge in [0.1, 0.15) is 23.0 Å². The van der Waals surface area contributed by atoms with Gasteiger partial charge in [-0.05, 0) is 65.2 Å². The van der Waals surface area contributed by atoms with Crippen LogP contribution in [0.5, 0.6) is 0 Å². The van der Waals surface area contributed by atoms with Crippen molar-refractivity contribution >= 4 is 11.6 Å². The van der Waals surface area contributed by atoms with Gasteiger partial charge in [0.05, 0.1) is 0 Å². The maximum atomic E-state index is 4.44. The Morgan fingerprint density at radius 2 is 1.04 bits per heavy atom.